The second kappa shape index (κ2) is 6.20. The van der Waals surface area contributed by atoms with E-state index in [1.165, 1.54) is 24.3 Å². The Hall–Kier alpha value is -1.65. The highest BCUT2D eigenvalue weighted by Crippen LogP contribution is 2.26. The second-order valence-electron chi connectivity index (χ2n) is 3.88. The molecule has 104 valence electrons. The summed E-state index contributed by atoms with van der Waals surface area (Å²) in [5.74, 6) is -2.36. The Morgan fingerprint density at radius 3 is 2.30 bits per heavy atom. The van der Waals surface area contributed by atoms with Gasteiger partial charge < -0.3 is 4.74 Å². The Morgan fingerprint density at radius 1 is 1.05 bits per heavy atom. The number of hydrogen-bond donors (Lipinski definition) is 0. The number of carbonyl (C=O) groups excluding carboxylic acids is 1. The molecular formula is C14H8Cl2F2O2. The zero-order chi connectivity index (χ0) is 14.7. The number of halogens is 4. The maximum atomic E-state index is 13.4. The Bertz CT molecular complexity index is 639. The van der Waals surface area contributed by atoms with Gasteiger partial charge in [0.05, 0.1) is 15.6 Å². The van der Waals surface area contributed by atoms with Crippen molar-refractivity contribution in [2.75, 3.05) is 6.61 Å². The van der Waals surface area contributed by atoms with Crippen LogP contribution in [-0.2, 0) is 0 Å². The number of benzene rings is 2. The summed E-state index contributed by atoms with van der Waals surface area (Å²) in [6.07, 6.45) is 0. The van der Waals surface area contributed by atoms with Crippen LogP contribution in [0.15, 0.2) is 36.4 Å². The molecule has 0 saturated carbocycles. The Balaban J connectivity index is 2.11. The lowest BCUT2D eigenvalue weighted by molar-refractivity contribution is 0.0913. The first-order valence-electron chi connectivity index (χ1n) is 5.54. The summed E-state index contributed by atoms with van der Waals surface area (Å²) in [4.78, 5) is 11.7. The predicted octanol–water partition coefficient (Wildman–Crippen LogP) is 4.53. The number of carbonyl (C=O) groups is 1. The van der Waals surface area contributed by atoms with Crippen LogP contribution in [0.25, 0.3) is 0 Å². The molecule has 2 aromatic rings. The van der Waals surface area contributed by atoms with E-state index in [1.807, 2.05) is 0 Å². The normalized spacial score (nSPS) is 10.4. The van der Waals surface area contributed by atoms with Gasteiger partial charge in [-0.25, -0.2) is 8.78 Å². The third-order valence-corrected chi connectivity index (χ3v) is 3.24. The number of hydrogen-bond acceptors (Lipinski definition) is 2. The molecule has 0 bridgehead atoms. The number of rotatable bonds is 4. The summed E-state index contributed by atoms with van der Waals surface area (Å²) in [6.45, 7) is -0.504. The van der Waals surface area contributed by atoms with Crippen LogP contribution in [0, 0.1) is 11.6 Å². The molecule has 0 aliphatic rings. The number of ether oxygens (including phenoxy) is 1. The maximum Gasteiger partial charge on any atom is 0.206 e. The molecule has 0 spiro atoms. The summed E-state index contributed by atoms with van der Waals surface area (Å²) >= 11 is 11.5. The van der Waals surface area contributed by atoms with Crippen molar-refractivity contribution in [3.05, 3.63) is 63.6 Å². The SMILES string of the molecule is O=C(COc1ccc(Cl)c(Cl)c1)c1c(F)cccc1F. The zero-order valence-corrected chi connectivity index (χ0v) is 11.5. The molecule has 0 N–H and O–H groups in total. The van der Waals surface area contributed by atoms with Gasteiger partial charge in [-0.05, 0) is 24.3 Å². The monoisotopic (exact) mass is 316 g/mol. The molecule has 2 rings (SSSR count). The average Bonchev–Trinajstić information content (AvgIpc) is 2.40. The van der Waals surface area contributed by atoms with Crippen molar-refractivity contribution in [3.8, 4) is 5.75 Å². The van der Waals surface area contributed by atoms with Crippen molar-refractivity contribution in [1.82, 2.24) is 0 Å². The second-order valence-corrected chi connectivity index (χ2v) is 4.70. The van der Waals surface area contributed by atoms with Gasteiger partial charge in [-0.1, -0.05) is 29.3 Å². The summed E-state index contributed by atoms with van der Waals surface area (Å²) in [5.41, 5.74) is -0.618. The van der Waals surface area contributed by atoms with Crippen LogP contribution in [0.3, 0.4) is 0 Å². The van der Waals surface area contributed by atoms with Crippen molar-refractivity contribution in [2.24, 2.45) is 0 Å². The number of Topliss-reactive ketones (excluding diaryl/α,β-unsaturated/α-hetero) is 1. The quantitative estimate of drug-likeness (QED) is 0.774. The van der Waals surface area contributed by atoms with Gasteiger partial charge in [-0.2, -0.15) is 0 Å². The van der Waals surface area contributed by atoms with Gasteiger partial charge in [0.15, 0.2) is 6.61 Å². The fourth-order valence-corrected chi connectivity index (χ4v) is 1.84. The highest BCUT2D eigenvalue weighted by atomic mass is 35.5. The van der Waals surface area contributed by atoms with E-state index in [2.05, 4.69) is 0 Å². The lowest BCUT2D eigenvalue weighted by Gasteiger charge is -2.07. The fourth-order valence-electron chi connectivity index (χ4n) is 1.55. The van der Waals surface area contributed by atoms with Crippen LogP contribution in [0.5, 0.6) is 5.75 Å². The molecule has 0 aromatic heterocycles. The largest absolute Gasteiger partial charge is 0.485 e. The van der Waals surface area contributed by atoms with E-state index >= 15 is 0 Å². The van der Waals surface area contributed by atoms with Crippen LogP contribution in [0.2, 0.25) is 10.0 Å². The molecular weight excluding hydrogens is 309 g/mol. The molecule has 6 heteroatoms. The van der Waals surface area contributed by atoms with Crippen molar-refractivity contribution in [1.29, 1.82) is 0 Å². The minimum atomic E-state index is -0.923. The van der Waals surface area contributed by atoms with E-state index in [-0.39, 0.29) is 10.8 Å². The highest BCUT2D eigenvalue weighted by Gasteiger charge is 2.17. The fraction of sp³-hybridized carbons (Fsp3) is 0.0714. The highest BCUT2D eigenvalue weighted by molar-refractivity contribution is 6.42. The van der Waals surface area contributed by atoms with E-state index in [9.17, 15) is 13.6 Å². The molecule has 0 atom stereocenters. The lowest BCUT2D eigenvalue weighted by atomic mass is 10.1. The van der Waals surface area contributed by atoms with Gasteiger partial charge in [0.2, 0.25) is 5.78 Å². The van der Waals surface area contributed by atoms with E-state index < -0.39 is 29.6 Å². The Kier molecular flexibility index (Phi) is 4.57. The van der Waals surface area contributed by atoms with Crippen LogP contribution in [0.4, 0.5) is 8.78 Å². The molecule has 0 unspecified atom stereocenters. The van der Waals surface area contributed by atoms with Gasteiger partial charge in [-0.3, -0.25) is 4.79 Å². The van der Waals surface area contributed by atoms with Crippen molar-refractivity contribution in [3.63, 3.8) is 0 Å². The van der Waals surface area contributed by atoms with E-state index in [0.717, 1.165) is 12.1 Å². The van der Waals surface area contributed by atoms with Gasteiger partial charge in [0, 0.05) is 6.07 Å². The summed E-state index contributed by atoms with van der Waals surface area (Å²) in [6, 6.07) is 7.60. The standard InChI is InChI=1S/C14H8Cl2F2O2/c15-9-5-4-8(6-10(9)16)20-7-13(19)14-11(17)2-1-3-12(14)18/h1-6H,7H2. The van der Waals surface area contributed by atoms with Crippen molar-refractivity contribution in [2.45, 2.75) is 0 Å². The molecule has 0 aliphatic heterocycles. The molecule has 0 amide bonds. The molecule has 20 heavy (non-hydrogen) atoms. The minimum absolute atomic E-state index is 0.258. The summed E-state index contributed by atoms with van der Waals surface area (Å²) < 4.78 is 31.9. The van der Waals surface area contributed by atoms with Crippen molar-refractivity contribution < 1.29 is 18.3 Å². The van der Waals surface area contributed by atoms with Crippen LogP contribution in [0.1, 0.15) is 10.4 Å². The molecule has 0 fully saturated rings. The first kappa shape index (κ1) is 14.8. The molecule has 0 saturated heterocycles. The molecule has 0 radical (unpaired) electrons. The van der Waals surface area contributed by atoms with Crippen LogP contribution < -0.4 is 4.74 Å². The van der Waals surface area contributed by atoms with Gasteiger partial charge >= 0.3 is 0 Å². The molecule has 2 nitrogen and oxygen atoms in total. The van der Waals surface area contributed by atoms with E-state index in [4.69, 9.17) is 27.9 Å². The van der Waals surface area contributed by atoms with Gasteiger partial charge in [0.25, 0.3) is 0 Å². The van der Waals surface area contributed by atoms with Gasteiger partial charge in [0.1, 0.15) is 17.4 Å². The Morgan fingerprint density at radius 2 is 1.70 bits per heavy atom. The Labute approximate surface area is 123 Å². The lowest BCUT2D eigenvalue weighted by Crippen LogP contribution is -2.15. The van der Waals surface area contributed by atoms with Gasteiger partial charge in [-0.15, -0.1) is 0 Å². The minimum Gasteiger partial charge on any atom is -0.485 e. The third-order valence-electron chi connectivity index (χ3n) is 2.50. The van der Waals surface area contributed by atoms with Crippen LogP contribution >= 0.6 is 23.2 Å². The number of ketones is 1. The maximum absolute atomic E-state index is 13.4. The first-order chi connectivity index (χ1) is 9.49. The molecule has 2 aromatic carbocycles. The van der Waals surface area contributed by atoms with E-state index in [1.54, 1.807) is 0 Å². The molecule has 0 heterocycles. The predicted molar refractivity (Wildman–Crippen MR) is 72.6 cm³/mol. The summed E-state index contributed by atoms with van der Waals surface area (Å²) in [5, 5.41) is 0.596. The molecule has 0 aliphatic carbocycles. The average molecular weight is 317 g/mol. The topological polar surface area (TPSA) is 26.3 Å². The van der Waals surface area contributed by atoms with Crippen LogP contribution in [-0.4, -0.2) is 12.4 Å². The zero-order valence-electron chi connectivity index (χ0n) is 10.00. The summed E-state index contributed by atoms with van der Waals surface area (Å²) in [7, 11) is 0. The van der Waals surface area contributed by atoms with Crippen molar-refractivity contribution >= 4 is 29.0 Å². The van der Waals surface area contributed by atoms with E-state index in [0.29, 0.717) is 5.02 Å². The first-order valence-corrected chi connectivity index (χ1v) is 6.29. The smallest absolute Gasteiger partial charge is 0.206 e. The third kappa shape index (κ3) is 3.26.